The van der Waals surface area contributed by atoms with Gasteiger partial charge in [0.05, 0.1) is 32.7 Å². The van der Waals surface area contributed by atoms with Crippen molar-refractivity contribution >= 4 is 11.4 Å². The molecular formula is C15H16N2O4. The Bertz CT molecular complexity index is 634. The predicted octanol–water partition coefficient (Wildman–Crippen LogP) is 3.83. The lowest BCUT2D eigenvalue weighted by Crippen LogP contribution is -1.86. The van der Waals surface area contributed by atoms with E-state index in [4.69, 9.17) is 14.2 Å². The minimum atomic E-state index is 0.0551. The van der Waals surface area contributed by atoms with Crippen molar-refractivity contribution in [3.8, 4) is 23.0 Å². The number of phenolic OH excluding ortho intramolecular Hbond substituents is 1. The molecule has 0 aromatic heterocycles. The normalized spacial score (nSPS) is 10.6. The van der Waals surface area contributed by atoms with Crippen molar-refractivity contribution in [1.82, 2.24) is 0 Å². The highest BCUT2D eigenvalue weighted by atomic mass is 16.5. The third-order valence-electron chi connectivity index (χ3n) is 2.78. The molecule has 0 bridgehead atoms. The molecule has 0 atom stereocenters. The summed E-state index contributed by atoms with van der Waals surface area (Å²) in [6.07, 6.45) is 0. The Hall–Kier alpha value is -2.76. The molecule has 110 valence electrons. The first kappa shape index (κ1) is 14.6. The number of phenols is 1. The second kappa shape index (κ2) is 6.60. The first-order valence-electron chi connectivity index (χ1n) is 6.18. The van der Waals surface area contributed by atoms with Crippen molar-refractivity contribution in [3.05, 3.63) is 36.4 Å². The molecule has 0 heterocycles. The minimum Gasteiger partial charge on any atom is -0.504 e. The maximum Gasteiger partial charge on any atom is 0.162 e. The number of ether oxygens (including phenoxy) is 3. The average molecular weight is 288 g/mol. The van der Waals surface area contributed by atoms with Crippen molar-refractivity contribution in [1.29, 1.82) is 0 Å². The van der Waals surface area contributed by atoms with Gasteiger partial charge in [-0.15, -0.1) is 0 Å². The van der Waals surface area contributed by atoms with Crippen LogP contribution in [0.25, 0.3) is 0 Å². The number of benzene rings is 2. The molecule has 0 spiro atoms. The van der Waals surface area contributed by atoms with E-state index in [2.05, 4.69) is 10.2 Å². The Morgan fingerprint density at radius 3 is 1.95 bits per heavy atom. The first-order valence-corrected chi connectivity index (χ1v) is 6.18. The van der Waals surface area contributed by atoms with Crippen molar-refractivity contribution in [2.75, 3.05) is 21.3 Å². The summed E-state index contributed by atoms with van der Waals surface area (Å²) in [6.45, 7) is 0. The number of hydrogen-bond acceptors (Lipinski definition) is 6. The Labute approximate surface area is 122 Å². The smallest absolute Gasteiger partial charge is 0.162 e. The number of nitrogens with zero attached hydrogens (tertiary/aromatic N) is 2. The fraction of sp³-hybridized carbons (Fsp3) is 0.200. The zero-order chi connectivity index (χ0) is 15.2. The zero-order valence-electron chi connectivity index (χ0n) is 12.0. The maximum absolute atomic E-state index is 9.53. The third kappa shape index (κ3) is 3.62. The van der Waals surface area contributed by atoms with Crippen LogP contribution in [-0.4, -0.2) is 26.4 Å². The second-order valence-electron chi connectivity index (χ2n) is 4.13. The average Bonchev–Trinajstić information content (AvgIpc) is 2.53. The fourth-order valence-electron chi connectivity index (χ4n) is 1.69. The summed E-state index contributed by atoms with van der Waals surface area (Å²) in [5.74, 6) is 1.66. The summed E-state index contributed by atoms with van der Waals surface area (Å²) >= 11 is 0. The molecule has 0 saturated carbocycles. The number of rotatable bonds is 5. The van der Waals surface area contributed by atoms with E-state index < -0.39 is 0 Å². The fourth-order valence-corrected chi connectivity index (χ4v) is 1.69. The lowest BCUT2D eigenvalue weighted by atomic mass is 10.3. The molecule has 0 radical (unpaired) electrons. The standard InChI is InChI=1S/C15H16N2O4/c1-19-12-6-11(7-13(9-12)20-2)17-16-10-4-5-14(18)15(8-10)21-3/h4-9,18H,1-3H3. The van der Waals surface area contributed by atoms with Crippen LogP contribution in [0, 0.1) is 0 Å². The monoisotopic (exact) mass is 288 g/mol. The Morgan fingerprint density at radius 1 is 0.762 bits per heavy atom. The van der Waals surface area contributed by atoms with Gasteiger partial charge in [0.15, 0.2) is 11.5 Å². The van der Waals surface area contributed by atoms with Gasteiger partial charge in [-0.1, -0.05) is 0 Å². The molecule has 2 aromatic carbocycles. The van der Waals surface area contributed by atoms with Crippen molar-refractivity contribution in [3.63, 3.8) is 0 Å². The van der Waals surface area contributed by atoms with E-state index in [1.165, 1.54) is 13.2 Å². The highest BCUT2D eigenvalue weighted by Gasteiger charge is 2.03. The van der Waals surface area contributed by atoms with Crippen LogP contribution in [0.5, 0.6) is 23.0 Å². The summed E-state index contributed by atoms with van der Waals surface area (Å²) < 4.78 is 15.4. The van der Waals surface area contributed by atoms with Gasteiger partial charge in [0.2, 0.25) is 0 Å². The number of azo groups is 1. The molecule has 2 rings (SSSR count). The lowest BCUT2D eigenvalue weighted by Gasteiger charge is -2.05. The highest BCUT2D eigenvalue weighted by molar-refractivity contribution is 5.52. The number of methoxy groups -OCH3 is 3. The van der Waals surface area contributed by atoms with Crippen LogP contribution in [0.15, 0.2) is 46.6 Å². The van der Waals surface area contributed by atoms with E-state index in [1.54, 1.807) is 44.6 Å². The van der Waals surface area contributed by atoms with Gasteiger partial charge in [-0.2, -0.15) is 10.2 Å². The minimum absolute atomic E-state index is 0.0551. The molecule has 2 aromatic rings. The maximum atomic E-state index is 9.53. The molecule has 1 N–H and O–H groups in total. The Balaban J connectivity index is 2.28. The molecule has 0 amide bonds. The molecule has 6 heteroatoms. The topological polar surface area (TPSA) is 72.6 Å². The van der Waals surface area contributed by atoms with E-state index >= 15 is 0 Å². The molecule has 0 unspecified atom stereocenters. The first-order chi connectivity index (χ1) is 10.2. The second-order valence-corrected chi connectivity index (χ2v) is 4.13. The van der Waals surface area contributed by atoms with Crippen molar-refractivity contribution in [2.45, 2.75) is 0 Å². The van der Waals surface area contributed by atoms with Crippen LogP contribution in [0.3, 0.4) is 0 Å². The van der Waals surface area contributed by atoms with Gasteiger partial charge in [-0.3, -0.25) is 0 Å². The van der Waals surface area contributed by atoms with Crippen LogP contribution >= 0.6 is 0 Å². The van der Waals surface area contributed by atoms with Crippen LogP contribution in [-0.2, 0) is 0 Å². The summed E-state index contributed by atoms with van der Waals surface area (Å²) in [5.41, 5.74) is 1.16. The lowest BCUT2D eigenvalue weighted by molar-refractivity contribution is 0.373. The van der Waals surface area contributed by atoms with Crippen LogP contribution in [0.1, 0.15) is 0 Å². The molecule has 0 aliphatic carbocycles. The molecule has 0 aliphatic heterocycles. The van der Waals surface area contributed by atoms with Crippen LogP contribution in [0.2, 0.25) is 0 Å². The van der Waals surface area contributed by atoms with E-state index in [0.717, 1.165) is 0 Å². The molecule has 21 heavy (non-hydrogen) atoms. The van der Waals surface area contributed by atoms with Gasteiger partial charge in [0.25, 0.3) is 0 Å². The quantitative estimate of drug-likeness (QED) is 0.848. The van der Waals surface area contributed by atoms with Crippen LogP contribution < -0.4 is 14.2 Å². The Kier molecular flexibility index (Phi) is 4.61. The summed E-state index contributed by atoms with van der Waals surface area (Å²) in [7, 11) is 4.62. The highest BCUT2D eigenvalue weighted by Crippen LogP contribution is 2.32. The summed E-state index contributed by atoms with van der Waals surface area (Å²) in [4.78, 5) is 0. The third-order valence-corrected chi connectivity index (χ3v) is 2.78. The largest absolute Gasteiger partial charge is 0.504 e. The van der Waals surface area contributed by atoms with Gasteiger partial charge in [-0.25, -0.2) is 0 Å². The van der Waals surface area contributed by atoms with E-state index in [0.29, 0.717) is 28.6 Å². The van der Waals surface area contributed by atoms with Crippen molar-refractivity contribution in [2.24, 2.45) is 10.2 Å². The van der Waals surface area contributed by atoms with E-state index in [9.17, 15) is 5.11 Å². The van der Waals surface area contributed by atoms with Crippen molar-refractivity contribution < 1.29 is 19.3 Å². The van der Waals surface area contributed by atoms with Crippen LogP contribution in [0.4, 0.5) is 11.4 Å². The summed E-state index contributed by atoms with van der Waals surface area (Å²) in [6, 6.07) is 9.96. The van der Waals surface area contributed by atoms with Gasteiger partial charge in [0.1, 0.15) is 11.5 Å². The zero-order valence-corrected chi connectivity index (χ0v) is 12.0. The van der Waals surface area contributed by atoms with E-state index in [1.807, 2.05) is 0 Å². The van der Waals surface area contributed by atoms with E-state index in [-0.39, 0.29) is 5.75 Å². The Morgan fingerprint density at radius 2 is 1.38 bits per heavy atom. The van der Waals surface area contributed by atoms with Gasteiger partial charge < -0.3 is 19.3 Å². The molecule has 0 saturated heterocycles. The van der Waals surface area contributed by atoms with Gasteiger partial charge in [0, 0.05) is 24.3 Å². The number of hydrogen-bond donors (Lipinski definition) is 1. The van der Waals surface area contributed by atoms with Gasteiger partial charge >= 0.3 is 0 Å². The molecule has 0 fully saturated rings. The van der Waals surface area contributed by atoms with Gasteiger partial charge in [-0.05, 0) is 12.1 Å². The molecule has 6 nitrogen and oxygen atoms in total. The SMILES string of the molecule is COc1cc(N=Nc2ccc(O)c(OC)c2)cc(OC)c1. The summed E-state index contributed by atoms with van der Waals surface area (Å²) in [5, 5.41) is 17.8. The molecule has 0 aliphatic rings. The predicted molar refractivity (Wildman–Crippen MR) is 78.4 cm³/mol. The number of aromatic hydroxyl groups is 1. The molecular weight excluding hydrogens is 272 g/mol.